The molecule has 1 aromatic heterocycles. The molecule has 1 saturated heterocycles. The van der Waals surface area contributed by atoms with Crippen molar-refractivity contribution in [2.45, 2.75) is 96.1 Å². The number of carboxylic acids is 1. The second-order valence-corrected chi connectivity index (χ2v) is 14.2. The van der Waals surface area contributed by atoms with E-state index in [0.29, 0.717) is 25.0 Å². The third-order valence-electron chi connectivity index (χ3n) is 10.3. The number of aryl methyl sites for hydroxylation is 2. The number of rotatable bonds is 12. The molecule has 0 unspecified atom stereocenters. The Kier molecular flexibility index (Phi) is 10.3. The van der Waals surface area contributed by atoms with Gasteiger partial charge in [-0.05, 0) is 92.3 Å². The molecule has 6 rings (SSSR count). The van der Waals surface area contributed by atoms with E-state index in [2.05, 4.69) is 35.4 Å². The van der Waals surface area contributed by atoms with Crippen LogP contribution in [0.3, 0.4) is 0 Å². The first-order valence-electron chi connectivity index (χ1n) is 17.6. The lowest BCUT2D eigenvalue weighted by Crippen LogP contribution is -2.63. The van der Waals surface area contributed by atoms with Crippen molar-refractivity contribution < 1.29 is 38.5 Å². The number of ether oxygens (including phenoxy) is 3. The minimum absolute atomic E-state index is 0.0615. The maximum absolute atomic E-state index is 14.1. The fourth-order valence-corrected chi connectivity index (χ4v) is 7.27. The number of carbonyl (C=O) groups excluding carboxylic acids is 3. The zero-order valence-corrected chi connectivity index (χ0v) is 29.6. The Morgan fingerprint density at radius 2 is 1.82 bits per heavy atom. The van der Waals surface area contributed by atoms with E-state index >= 15 is 0 Å². The van der Waals surface area contributed by atoms with E-state index in [1.165, 1.54) is 23.0 Å². The standard InChI is InChI=1S/C39H46N4O8/c1-22(2)34(41-38(48)51-23(3)4)36(45)43-20-29(19-33(43)35(44)42-39(37(46)47)14-7-15-39)50-21-27-17-31(26-11-10-24-8-6-9-25(24)16-26)40-32-18-28(49-5)12-13-30(27)32/h10-13,16-18,22,29,33-34H,3,6-9,14-15,19-21H2,1-2,4-5H3,(H,41,48)(H,42,44)(H,46,47)/t29-,33+,34+/m1/s1. The summed E-state index contributed by atoms with van der Waals surface area (Å²) in [7, 11) is 1.61. The fraction of sp³-hybridized carbons (Fsp3) is 0.462. The predicted molar refractivity (Wildman–Crippen MR) is 190 cm³/mol. The topological polar surface area (TPSA) is 156 Å². The van der Waals surface area contributed by atoms with Gasteiger partial charge < -0.3 is 34.9 Å². The van der Waals surface area contributed by atoms with Crippen LogP contribution in [-0.2, 0) is 43.3 Å². The molecule has 1 saturated carbocycles. The smallest absolute Gasteiger partial charge is 0.412 e. The van der Waals surface area contributed by atoms with Crippen LogP contribution in [0.15, 0.2) is 54.8 Å². The largest absolute Gasteiger partial charge is 0.497 e. The number of aromatic nitrogens is 1. The molecule has 3 aromatic rings. The summed E-state index contributed by atoms with van der Waals surface area (Å²) in [4.78, 5) is 58.9. The van der Waals surface area contributed by atoms with Crippen molar-refractivity contribution in [2.75, 3.05) is 13.7 Å². The summed E-state index contributed by atoms with van der Waals surface area (Å²) in [5.41, 5.74) is 4.79. The lowest BCUT2D eigenvalue weighted by atomic mass is 9.76. The molecule has 2 aromatic carbocycles. The molecule has 51 heavy (non-hydrogen) atoms. The predicted octanol–water partition coefficient (Wildman–Crippen LogP) is 5.29. The van der Waals surface area contributed by atoms with Gasteiger partial charge in [0.25, 0.3) is 0 Å². The van der Waals surface area contributed by atoms with Crippen molar-refractivity contribution in [2.24, 2.45) is 5.92 Å². The molecule has 2 heterocycles. The lowest BCUT2D eigenvalue weighted by molar-refractivity contribution is -0.153. The zero-order valence-electron chi connectivity index (χ0n) is 29.6. The highest BCUT2D eigenvalue weighted by molar-refractivity contribution is 5.95. The number of alkyl carbamates (subject to hydrolysis) is 1. The molecular weight excluding hydrogens is 652 g/mol. The number of amides is 3. The number of fused-ring (bicyclic) bond motifs is 2. The van der Waals surface area contributed by atoms with E-state index in [1.54, 1.807) is 21.0 Å². The molecule has 0 bridgehead atoms. The third kappa shape index (κ3) is 7.56. The molecule has 3 atom stereocenters. The number of allylic oxidation sites excluding steroid dienone is 1. The normalized spacial score (nSPS) is 19.6. The number of methoxy groups -OCH3 is 1. The first-order chi connectivity index (χ1) is 24.4. The zero-order chi connectivity index (χ0) is 36.4. The molecule has 2 aliphatic carbocycles. The highest BCUT2D eigenvalue weighted by Crippen LogP contribution is 2.35. The minimum atomic E-state index is -1.36. The van der Waals surface area contributed by atoms with E-state index in [9.17, 15) is 24.3 Å². The van der Waals surface area contributed by atoms with Gasteiger partial charge in [0.2, 0.25) is 11.8 Å². The number of hydrogen-bond acceptors (Lipinski definition) is 8. The maximum Gasteiger partial charge on any atom is 0.412 e. The summed E-state index contributed by atoms with van der Waals surface area (Å²) in [5.74, 6) is -1.67. The molecule has 270 valence electrons. The molecule has 0 spiro atoms. The van der Waals surface area contributed by atoms with E-state index in [-0.39, 0.29) is 31.2 Å². The third-order valence-corrected chi connectivity index (χ3v) is 10.3. The average molecular weight is 699 g/mol. The van der Waals surface area contributed by atoms with Crippen molar-refractivity contribution >= 4 is 34.8 Å². The first kappa shape index (κ1) is 35.8. The van der Waals surface area contributed by atoms with Crippen LogP contribution in [0.25, 0.3) is 22.2 Å². The number of pyridine rings is 1. The highest BCUT2D eigenvalue weighted by atomic mass is 16.6. The van der Waals surface area contributed by atoms with E-state index in [4.69, 9.17) is 19.2 Å². The van der Waals surface area contributed by atoms with Crippen LogP contribution in [0.1, 0.15) is 69.6 Å². The van der Waals surface area contributed by atoms with Crippen LogP contribution < -0.4 is 15.4 Å². The molecule has 3 aliphatic rings. The Balaban J connectivity index is 1.27. The van der Waals surface area contributed by atoms with Crippen LogP contribution in [0.4, 0.5) is 4.79 Å². The summed E-state index contributed by atoms with van der Waals surface area (Å²) in [6.45, 7) is 8.88. The Labute approximate surface area is 297 Å². The van der Waals surface area contributed by atoms with Crippen molar-refractivity contribution in [3.8, 4) is 17.0 Å². The van der Waals surface area contributed by atoms with Gasteiger partial charge in [-0.2, -0.15) is 0 Å². The number of benzene rings is 2. The quantitative estimate of drug-likeness (QED) is 0.214. The van der Waals surface area contributed by atoms with Crippen LogP contribution in [0, 0.1) is 5.92 Å². The number of aliphatic carboxylic acids is 1. The van der Waals surface area contributed by atoms with Gasteiger partial charge in [-0.15, -0.1) is 0 Å². The molecule has 12 heteroatoms. The summed E-state index contributed by atoms with van der Waals surface area (Å²) >= 11 is 0. The van der Waals surface area contributed by atoms with E-state index in [1.807, 2.05) is 24.3 Å². The molecular formula is C39H46N4O8. The number of hydrogen-bond donors (Lipinski definition) is 3. The first-order valence-corrected chi connectivity index (χ1v) is 17.6. The molecule has 3 N–H and O–H groups in total. The van der Waals surface area contributed by atoms with Crippen molar-refractivity contribution in [1.29, 1.82) is 0 Å². The minimum Gasteiger partial charge on any atom is -0.497 e. The van der Waals surface area contributed by atoms with Crippen molar-refractivity contribution in [1.82, 2.24) is 20.5 Å². The van der Waals surface area contributed by atoms with Gasteiger partial charge in [0.15, 0.2) is 0 Å². The van der Waals surface area contributed by atoms with Gasteiger partial charge in [-0.1, -0.05) is 32.6 Å². The second-order valence-electron chi connectivity index (χ2n) is 14.2. The summed E-state index contributed by atoms with van der Waals surface area (Å²) in [5, 5.41) is 16.1. The molecule has 0 radical (unpaired) electrons. The maximum atomic E-state index is 14.1. The second kappa shape index (κ2) is 14.7. The fourth-order valence-electron chi connectivity index (χ4n) is 7.27. The Morgan fingerprint density at radius 1 is 1.06 bits per heavy atom. The van der Waals surface area contributed by atoms with Gasteiger partial charge in [0.05, 0.1) is 36.8 Å². The Morgan fingerprint density at radius 3 is 2.49 bits per heavy atom. The van der Waals surface area contributed by atoms with Crippen LogP contribution in [0.5, 0.6) is 5.75 Å². The SMILES string of the molecule is C=C(C)OC(=O)N[C@H](C(=O)N1C[C@H](OCc2cc(-c3ccc4c(c3)CCC4)nc3cc(OC)ccc23)C[C@H]1C(=O)NC1(C(=O)O)CCC1)C(C)C. The Hall–Kier alpha value is -4.97. The molecule has 12 nitrogen and oxygen atoms in total. The number of nitrogens with zero attached hydrogens (tertiary/aromatic N) is 2. The molecule has 2 fully saturated rings. The summed E-state index contributed by atoms with van der Waals surface area (Å²) < 4.78 is 17.1. The van der Waals surface area contributed by atoms with Crippen molar-refractivity contribution in [3.63, 3.8) is 0 Å². The van der Waals surface area contributed by atoms with Gasteiger partial charge in [-0.3, -0.25) is 9.59 Å². The van der Waals surface area contributed by atoms with Crippen LogP contribution in [0.2, 0.25) is 0 Å². The summed E-state index contributed by atoms with van der Waals surface area (Å²) in [6, 6.07) is 12.2. The number of nitrogens with one attached hydrogen (secondary N) is 2. The number of carboxylic acid groups (broad SMARTS) is 1. The van der Waals surface area contributed by atoms with Crippen LogP contribution in [-0.4, -0.2) is 76.2 Å². The highest BCUT2D eigenvalue weighted by Gasteiger charge is 2.50. The number of carbonyl (C=O) groups is 4. The summed E-state index contributed by atoms with van der Waals surface area (Å²) in [6.07, 6.45) is 3.31. The van der Waals surface area contributed by atoms with E-state index in [0.717, 1.165) is 47.0 Å². The lowest BCUT2D eigenvalue weighted by Gasteiger charge is -2.39. The van der Waals surface area contributed by atoms with Gasteiger partial charge in [0.1, 0.15) is 23.4 Å². The van der Waals surface area contributed by atoms with Gasteiger partial charge >= 0.3 is 12.1 Å². The molecule has 1 aliphatic heterocycles. The average Bonchev–Trinajstić information content (AvgIpc) is 3.73. The van der Waals surface area contributed by atoms with E-state index < -0.39 is 47.6 Å². The monoisotopic (exact) mass is 698 g/mol. The van der Waals surface area contributed by atoms with Gasteiger partial charge in [-0.25, -0.2) is 14.6 Å². The Bertz CT molecular complexity index is 1870. The van der Waals surface area contributed by atoms with Crippen LogP contribution >= 0.6 is 0 Å². The number of likely N-dealkylation sites (tertiary alicyclic amines) is 1. The molecule has 3 amide bonds. The van der Waals surface area contributed by atoms with Crippen molar-refractivity contribution in [3.05, 3.63) is 71.5 Å². The van der Waals surface area contributed by atoms with Gasteiger partial charge in [0, 0.05) is 30.0 Å².